The zero-order chi connectivity index (χ0) is 16.0. The van der Waals surface area contributed by atoms with Gasteiger partial charge in [0.25, 0.3) is 5.91 Å². The summed E-state index contributed by atoms with van der Waals surface area (Å²) >= 11 is 0. The van der Waals surface area contributed by atoms with Gasteiger partial charge >= 0.3 is 5.97 Å². The molecule has 0 saturated carbocycles. The number of pyridine rings is 1. The lowest BCUT2D eigenvalue weighted by Gasteiger charge is -2.27. The number of nitrogens with one attached hydrogen (secondary N) is 1. The Balaban J connectivity index is 2.81. The molecule has 5 nitrogen and oxygen atoms in total. The van der Waals surface area contributed by atoms with E-state index in [1.165, 1.54) is 18.5 Å². The van der Waals surface area contributed by atoms with E-state index >= 15 is 0 Å². The fourth-order valence-electron chi connectivity index (χ4n) is 1.55. The molecule has 0 spiro atoms. The fourth-order valence-corrected chi connectivity index (χ4v) is 1.55. The maximum atomic E-state index is 12.2. The van der Waals surface area contributed by atoms with Gasteiger partial charge in [-0.3, -0.25) is 9.78 Å². The molecule has 0 fully saturated rings. The average Bonchev–Trinajstić information content (AvgIpc) is 2.41. The van der Waals surface area contributed by atoms with Gasteiger partial charge < -0.3 is 10.4 Å². The number of carboxylic acid groups (broad SMARTS) is 1. The third kappa shape index (κ3) is 5.38. The highest BCUT2D eigenvalue weighted by molar-refractivity contribution is 5.98. The van der Waals surface area contributed by atoms with Gasteiger partial charge in [0, 0.05) is 36.1 Å². The van der Waals surface area contributed by atoms with Gasteiger partial charge in [-0.15, -0.1) is 0 Å². The first-order valence-corrected chi connectivity index (χ1v) is 6.85. The Morgan fingerprint density at radius 2 is 2.10 bits per heavy atom. The van der Waals surface area contributed by atoms with Gasteiger partial charge in [-0.1, -0.05) is 27.7 Å². The topological polar surface area (TPSA) is 79.3 Å². The van der Waals surface area contributed by atoms with Crippen LogP contribution in [0, 0.1) is 11.3 Å². The van der Waals surface area contributed by atoms with Crippen molar-refractivity contribution in [3.05, 3.63) is 35.7 Å². The molecule has 1 amide bonds. The van der Waals surface area contributed by atoms with E-state index in [4.69, 9.17) is 5.11 Å². The van der Waals surface area contributed by atoms with Crippen molar-refractivity contribution in [1.29, 1.82) is 0 Å². The number of rotatable bonds is 5. The second kappa shape index (κ2) is 7.02. The highest BCUT2D eigenvalue weighted by Crippen LogP contribution is 2.24. The Hall–Kier alpha value is -2.17. The second-order valence-corrected chi connectivity index (χ2v) is 6.11. The zero-order valence-electron chi connectivity index (χ0n) is 12.9. The first-order valence-electron chi connectivity index (χ1n) is 6.85. The second-order valence-electron chi connectivity index (χ2n) is 6.11. The van der Waals surface area contributed by atoms with Crippen molar-refractivity contribution in [2.75, 3.05) is 6.54 Å². The largest absolute Gasteiger partial charge is 0.478 e. The van der Waals surface area contributed by atoms with E-state index in [1.54, 1.807) is 6.07 Å². The standard InChI is InChI=1S/C16H22N2O3/c1-11(16(2,3)4)9-18-15(21)13-7-8-17-10-12(13)5-6-14(19)20/h5-8,10-11H,9H2,1-4H3,(H,18,21)(H,19,20)/b6-5+. The molecule has 21 heavy (non-hydrogen) atoms. The zero-order valence-corrected chi connectivity index (χ0v) is 12.9. The van der Waals surface area contributed by atoms with Crippen molar-refractivity contribution in [2.45, 2.75) is 27.7 Å². The first-order chi connectivity index (χ1) is 9.71. The van der Waals surface area contributed by atoms with Gasteiger partial charge in [0.15, 0.2) is 0 Å². The summed E-state index contributed by atoms with van der Waals surface area (Å²) < 4.78 is 0. The van der Waals surface area contributed by atoms with Crippen LogP contribution in [0.25, 0.3) is 6.08 Å². The highest BCUT2D eigenvalue weighted by atomic mass is 16.4. The predicted molar refractivity (Wildman–Crippen MR) is 81.9 cm³/mol. The molecule has 1 heterocycles. The van der Waals surface area contributed by atoms with E-state index in [0.717, 1.165) is 6.08 Å². The van der Waals surface area contributed by atoms with Crippen LogP contribution in [0.1, 0.15) is 43.6 Å². The van der Waals surface area contributed by atoms with Gasteiger partial charge in [0.05, 0.1) is 0 Å². The van der Waals surface area contributed by atoms with Crippen LogP contribution in [-0.4, -0.2) is 28.5 Å². The molecule has 5 heteroatoms. The average molecular weight is 290 g/mol. The van der Waals surface area contributed by atoms with Crippen LogP contribution in [0.3, 0.4) is 0 Å². The molecule has 0 bridgehead atoms. The number of carboxylic acids is 1. The van der Waals surface area contributed by atoms with Gasteiger partial charge in [-0.2, -0.15) is 0 Å². The summed E-state index contributed by atoms with van der Waals surface area (Å²) in [6.45, 7) is 9.01. The Labute approximate surface area is 125 Å². The Morgan fingerprint density at radius 1 is 1.43 bits per heavy atom. The van der Waals surface area contributed by atoms with E-state index in [-0.39, 0.29) is 11.3 Å². The molecule has 1 unspecified atom stereocenters. The summed E-state index contributed by atoms with van der Waals surface area (Å²) in [4.78, 5) is 26.7. The minimum atomic E-state index is -1.06. The monoisotopic (exact) mass is 290 g/mol. The van der Waals surface area contributed by atoms with Gasteiger partial charge in [0.1, 0.15) is 0 Å². The summed E-state index contributed by atoms with van der Waals surface area (Å²) in [5.41, 5.74) is 1.02. The quantitative estimate of drug-likeness (QED) is 0.817. The smallest absolute Gasteiger partial charge is 0.328 e. The molecule has 0 aromatic carbocycles. The van der Waals surface area contributed by atoms with Crippen molar-refractivity contribution in [1.82, 2.24) is 10.3 Å². The third-order valence-electron chi connectivity index (χ3n) is 3.55. The lowest BCUT2D eigenvalue weighted by Crippen LogP contribution is -2.34. The first kappa shape index (κ1) is 16.9. The Bertz CT molecular complexity index is 545. The normalized spacial score (nSPS) is 13.1. The van der Waals surface area contributed by atoms with E-state index < -0.39 is 5.97 Å². The number of aromatic nitrogens is 1. The molecule has 0 aliphatic carbocycles. The Kier molecular flexibility index (Phi) is 5.64. The molecular formula is C16H22N2O3. The fraction of sp³-hybridized carbons (Fsp3) is 0.438. The van der Waals surface area contributed by atoms with Crippen LogP contribution in [0.15, 0.2) is 24.5 Å². The van der Waals surface area contributed by atoms with E-state index in [9.17, 15) is 9.59 Å². The van der Waals surface area contributed by atoms with Crippen LogP contribution >= 0.6 is 0 Å². The van der Waals surface area contributed by atoms with Crippen molar-refractivity contribution < 1.29 is 14.7 Å². The Morgan fingerprint density at radius 3 is 2.67 bits per heavy atom. The molecule has 114 valence electrons. The molecule has 2 N–H and O–H groups in total. The van der Waals surface area contributed by atoms with Gasteiger partial charge in [-0.25, -0.2) is 4.79 Å². The predicted octanol–water partition coefficient (Wildman–Crippen LogP) is 2.59. The molecule has 0 radical (unpaired) electrons. The van der Waals surface area contributed by atoms with Crippen LogP contribution in [-0.2, 0) is 4.79 Å². The minimum absolute atomic E-state index is 0.109. The van der Waals surface area contributed by atoms with Crippen LogP contribution in [0.4, 0.5) is 0 Å². The molecule has 1 aromatic heterocycles. The summed E-state index contributed by atoms with van der Waals surface area (Å²) in [6, 6.07) is 1.58. The van der Waals surface area contributed by atoms with E-state index in [2.05, 4.69) is 38.0 Å². The van der Waals surface area contributed by atoms with Crippen molar-refractivity contribution in [3.63, 3.8) is 0 Å². The molecule has 1 aromatic rings. The van der Waals surface area contributed by atoms with Crippen molar-refractivity contribution in [3.8, 4) is 0 Å². The SMILES string of the molecule is CC(CNC(=O)c1ccncc1/C=C/C(=O)O)C(C)(C)C. The number of hydrogen-bond donors (Lipinski definition) is 2. The number of carbonyl (C=O) groups excluding carboxylic acids is 1. The molecule has 1 atom stereocenters. The van der Waals surface area contributed by atoms with Crippen LogP contribution in [0.2, 0.25) is 0 Å². The van der Waals surface area contributed by atoms with E-state index in [0.29, 0.717) is 23.6 Å². The highest BCUT2D eigenvalue weighted by Gasteiger charge is 2.21. The minimum Gasteiger partial charge on any atom is -0.478 e. The maximum Gasteiger partial charge on any atom is 0.328 e. The van der Waals surface area contributed by atoms with Crippen LogP contribution < -0.4 is 5.32 Å². The summed E-state index contributed by atoms with van der Waals surface area (Å²) in [7, 11) is 0. The third-order valence-corrected chi connectivity index (χ3v) is 3.55. The molecular weight excluding hydrogens is 268 g/mol. The maximum absolute atomic E-state index is 12.2. The lowest BCUT2D eigenvalue weighted by molar-refractivity contribution is -0.131. The number of aliphatic carboxylic acids is 1. The number of amides is 1. The van der Waals surface area contributed by atoms with E-state index in [1.807, 2.05) is 0 Å². The molecule has 0 aliphatic rings. The van der Waals surface area contributed by atoms with Crippen LogP contribution in [0.5, 0.6) is 0 Å². The summed E-state index contributed by atoms with van der Waals surface area (Å²) in [5, 5.41) is 11.5. The van der Waals surface area contributed by atoms with Gasteiger partial charge in [0.2, 0.25) is 0 Å². The summed E-state index contributed by atoms with van der Waals surface area (Å²) in [6.07, 6.45) is 5.35. The molecule has 0 saturated heterocycles. The number of hydrogen-bond acceptors (Lipinski definition) is 3. The van der Waals surface area contributed by atoms with Crippen molar-refractivity contribution >= 4 is 18.0 Å². The number of nitrogens with zero attached hydrogens (tertiary/aromatic N) is 1. The lowest BCUT2D eigenvalue weighted by atomic mass is 9.82. The molecule has 1 rings (SSSR count). The molecule has 0 aliphatic heterocycles. The number of carbonyl (C=O) groups is 2. The van der Waals surface area contributed by atoms with Crippen molar-refractivity contribution in [2.24, 2.45) is 11.3 Å². The summed E-state index contributed by atoms with van der Waals surface area (Å²) in [5.74, 6) is -0.966. The van der Waals surface area contributed by atoms with Gasteiger partial charge in [-0.05, 0) is 23.5 Å².